The molecule has 2 N–H and O–H groups in total. The zero-order chi connectivity index (χ0) is 15.8. The fraction of sp³-hybridized carbons (Fsp3) is 0.941. The van der Waals surface area contributed by atoms with Gasteiger partial charge in [0.25, 0.3) is 0 Å². The maximum absolute atomic E-state index is 12.2. The summed E-state index contributed by atoms with van der Waals surface area (Å²) >= 11 is 0. The zero-order valence-electron chi connectivity index (χ0n) is 14.6. The monoisotopic (exact) mass is 297 g/mol. The van der Waals surface area contributed by atoms with Crippen molar-refractivity contribution in [1.29, 1.82) is 0 Å². The lowest BCUT2D eigenvalue weighted by Gasteiger charge is -2.37. The first-order chi connectivity index (χ1) is 9.95. The Labute approximate surface area is 131 Å². The van der Waals surface area contributed by atoms with Gasteiger partial charge in [-0.2, -0.15) is 0 Å². The van der Waals surface area contributed by atoms with Gasteiger partial charge in [-0.1, -0.05) is 20.8 Å². The minimum atomic E-state index is -0.0334. The lowest BCUT2D eigenvalue weighted by atomic mass is 9.89. The number of hydrogen-bond donors (Lipinski definition) is 2. The molecule has 0 radical (unpaired) electrons. The number of rotatable bonds is 8. The lowest BCUT2D eigenvalue weighted by molar-refractivity contribution is -0.126. The predicted octanol–water partition coefficient (Wildman–Crippen LogP) is 2.39. The fourth-order valence-electron chi connectivity index (χ4n) is 2.99. The molecule has 0 aromatic rings. The van der Waals surface area contributed by atoms with Crippen molar-refractivity contribution in [3.63, 3.8) is 0 Å². The maximum Gasteiger partial charge on any atom is 0.237 e. The van der Waals surface area contributed by atoms with Crippen LogP contribution in [0.2, 0.25) is 0 Å². The molecule has 0 heterocycles. The van der Waals surface area contributed by atoms with Gasteiger partial charge in [-0.05, 0) is 58.5 Å². The van der Waals surface area contributed by atoms with Crippen molar-refractivity contribution >= 4 is 5.91 Å². The summed E-state index contributed by atoms with van der Waals surface area (Å²) < 4.78 is 0. The molecule has 21 heavy (non-hydrogen) atoms. The maximum atomic E-state index is 12.2. The van der Waals surface area contributed by atoms with Crippen LogP contribution < -0.4 is 10.6 Å². The highest BCUT2D eigenvalue weighted by molar-refractivity contribution is 5.81. The smallest absolute Gasteiger partial charge is 0.237 e. The van der Waals surface area contributed by atoms with Crippen molar-refractivity contribution in [3.05, 3.63) is 0 Å². The van der Waals surface area contributed by atoms with Gasteiger partial charge in [0, 0.05) is 18.6 Å². The van der Waals surface area contributed by atoms with Crippen molar-refractivity contribution in [2.75, 3.05) is 20.1 Å². The van der Waals surface area contributed by atoms with Crippen molar-refractivity contribution in [3.8, 4) is 0 Å². The third-order valence-electron chi connectivity index (χ3n) is 4.63. The number of hydrogen-bond acceptors (Lipinski definition) is 3. The fourth-order valence-corrected chi connectivity index (χ4v) is 2.99. The Hall–Kier alpha value is -0.610. The largest absolute Gasteiger partial charge is 0.354 e. The molecule has 1 aliphatic rings. The molecule has 1 aliphatic carbocycles. The second-order valence-corrected chi connectivity index (χ2v) is 6.94. The van der Waals surface area contributed by atoms with E-state index in [1.807, 2.05) is 6.92 Å². The van der Waals surface area contributed by atoms with E-state index in [4.69, 9.17) is 0 Å². The summed E-state index contributed by atoms with van der Waals surface area (Å²) in [5, 5.41) is 6.66. The van der Waals surface area contributed by atoms with E-state index < -0.39 is 0 Å². The summed E-state index contributed by atoms with van der Waals surface area (Å²) in [4.78, 5) is 14.4. The first kappa shape index (κ1) is 18.4. The Morgan fingerprint density at radius 1 is 1.19 bits per heavy atom. The highest BCUT2D eigenvalue weighted by Gasteiger charge is 2.28. The van der Waals surface area contributed by atoms with Crippen LogP contribution in [-0.2, 0) is 4.79 Å². The standard InChI is InChI=1S/C17H35N3O/c1-6-11-18-15-7-9-16(10-8-15)20(5)14(4)17(21)19-12-13(2)3/h13-16,18H,6-12H2,1-5H3,(H,19,21). The first-order valence-electron chi connectivity index (χ1n) is 8.68. The summed E-state index contributed by atoms with van der Waals surface area (Å²) in [6, 6.07) is 1.19. The molecule has 0 aromatic heterocycles. The van der Waals surface area contributed by atoms with Gasteiger partial charge in [-0.25, -0.2) is 0 Å². The molecule has 0 saturated heterocycles. The van der Waals surface area contributed by atoms with Crippen LogP contribution in [0, 0.1) is 5.92 Å². The second-order valence-electron chi connectivity index (χ2n) is 6.94. The van der Waals surface area contributed by atoms with Gasteiger partial charge in [0.2, 0.25) is 5.91 Å². The van der Waals surface area contributed by atoms with E-state index in [9.17, 15) is 4.79 Å². The molecule has 0 bridgehead atoms. The molecule has 4 heteroatoms. The lowest BCUT2D eigenvalue weighted by Crippen LogP contribution is -2.50. The van der Waals surface area contributed by atoms with Crippen LogP contribution in [0.25, 0.3) is 0 Å². The molecule has 1 unspecified atom stereocenters. The van der Waals surface area contributed by atoms with Gasteiger partial charge in [0.1, 0.15) is 0 Å². The summed E-state index contributed by atoms with van der Waals surface area (Å²) in [7, 11) is 2.10. The number of nitrogens with one attached hydrogen (secondary N) is 2. The highest BCUT2D eigenvalue weighted by Crippen LogP contribution is 2.23. The van der Waals surface area contributed by atoms with Gasteiger partial charge in [-0.3, -0.25) is 9.69 Å². The average molecular weight is 297 g/mol. The molecular formula is C17H35N3O. The van der Waals surface area contributed by atoms with E-state index in [1.165, 1.54) is 32.1 Å². The summed E-state index contributed by atoms with van der Waals surface area (Å²) in [6.07, 6.45) is 6.05. The highest BCUT2D eigenvalue weighted by atomic mass is 16.2. The van der Waals surface area contributed by atoms with Crippen LogP contribution in [0.15, 0.2) is 0 Å². The Morgan fingerprint density at radius 2 is 1.81 bits per heavy atom. The second kappa shape index (κ2) is 9.42. The van der Waals surface area contributed by atoms with E-state index >= 15 is 0 Å². The summed E-state index contributed by atoms with van der Waals surface area (Å²) in [5.74, 6) is 0.670. The van der Waals surface area contributed by atoms with Gasteiger partial charge in [0.05, 0.1) is 6.04 Å². The normalized spacial score (nSPS) is 24.3. The van der Waals surface area contributed by atoms with Gasteiger partial charge < -0.3 is 10.6 Å². The predicted molar refractivity (Wildman–Crippen MR) is 89.4 cm³/mol. The average Bonchev–Trinajstić information content (AvgIpc) is 2.49. The molecule has 0 aromatic carbocycles. The SMILES string of the molecule is CCCNC1CCC(N(C)C(C)C(=O)NCC(C)C)CC1. The summed E-state index contributed by atoms with van der Waals surface area (Å²) in [6.45, 7) is 10.4. The van der Waals surface area contributed by atoms with E-state index in [0.29, 0.717) is 18.0 Å². The molecule has 1 amide bonds. The van der Waals surface area contributed by atoms with Crippen LogP contribution in [0.4, 0.5) is 0 Å². The molecule has 1 saturated carbocycles. The zero-order valence-corrected chi connectivity index (χ0v) is 14.6. The third-order valence-corrected chi connectivity index (χ3v) is 4.63. The van der Waals surface area contributed by atoms with E-state index in [-0.39, 0.29) is 11.9 Å². The van der Waals surface area contributed by atoms with Gasteiger partial charge in [-0.15, -0.1) is 0 Å². The van der Waals surface area contributed by atoms with E-state index in [2.05, 4.69) is 43.4 Å². The number of carbonyl (C=O) groups excluding carboxylic acids is 1. The number of carbonyl (C=O) groups is 1. The third kappa shape index (κ3) is 6.35. The van der Waals surface area contributed by atoms with Crippen LogP contribution in [0.5, 0.6) is 0 Å². The Bertz CT molecular complexity index is 298. The van der Waals surface area contributed by atoms with Gasteiger partial charge in [0.15, 0.2) is 0 Å². The Balaban J connectivity index is 2.34. The van der Waals surface area contributed by atoms with Crippen LogP contribution in [0.3, 0.4) is 0 Å². The van der Waals surface area contributed by atoms with Gasteiger partial charge >= 0.3 is 0 Å². The first-order valence-corrected chi connectivity index (χ1v) is 8.68. The molecule has 1 atom stereocenters. The van der Waals surface area contributed by atoms with E-state index in [0.717, 1.165) is 13.1 Å². The van der Waals surface area contributed by atoms with Crippen LogP contribution >= 0.6 is 0 Å². The number of nitrogens with zero attached hydrogens (tertiary/aromatic N) is 1. The molecule has 4 nitrogen and oxygen atoms in total. The van der Waals surface area contributed by atoms with Crippen LogP contribution in [0.1, 0.15) is 59.8 Å². The molecule has 0 spiro atoms. The van der Waals surface area contributed by atoms with Crippen molar-refractivity contribution in [2.24, 2.45) is 5.92 Å². The van der Waals surface area contributed by atoms with Crippen LogP contribution in [-0.4, -0.2) is 49.1 Å². The quantitative estimate of drug-likeness (QED) is 0.723. The number of amides is 1. The van der Waals surface area contributed by atoms with Crippen molar-refractivity contribution < 1.29 is 4.79 Å². The molecule has 124 valence electrons. The molecule has 1 rings (SSSR count). The minimum absolute atomic E-state index is 0.0334. The van der Waals surface area contributed by atoms with Crippen molar-refractivity contribution in [1.82, 2.24) is 15.5 Å². The van der Waals surface area contributed by atoms with Crippen molar-refractivity contribution in [2.45, 2.75) is 77.9 Å². The molecule has 1 fully saturated rings. The topological polar surface area (TPSA) is 44.4 Å². The summed E-state index contributed by atoms with van der Waals surface area (Å²) in [5.41, 5.74) is 0. The Kier molecular flexibility index (Phi) is 8.27. The van der Waals surface area contributed by atoms with E-state index in [1.54, 1.807) is 0 Å². The Morgan fingerprint density at radius 3 is 2.33 bits per heavy atom. The molecule has 0 aliphatic heterocycles. The minimum Gasteiger partial charge on any atom is -0.354 e. The number of likely N-dealkylation sites (N-methyl/N-ethyl adjacent to an activating group) is 1. The molecular weight excluding hydrogens is 262 g/mol.